The van der Waals surface area contributed by atoms with Gasteiger partial charge in [-0.15, -0.1) is 18.2 Å². The van der Waals surface area contributed by atoms with Gasteiger partial charge in [-0.1, -0.05) is 66.5 Å². The maximum Gasteiger partial charge on any atom is 0.120 e. The molecule has 3 nitrogen and oxygen atoms in total. The van der Waals surface area contributed by atoms with Gasteiger partial charge in [0.2, 0.25) is 0 Å². The van der Waals surface area contributed by atoms with E-state index in [0.29, 0.717) is 5.92 Å². The molecule has 0 saturated heterocycles. The Morgan fingerprint density at radius 1 is 0.915 bits per heavy atom. The van der Waals surface area contributed by atoms with Crippen LogP contribution < -0.4 is 4.40 Å². The first kappa shape index (κ1) is 35.2. The normalized spacial score (nSPS) is 13.5. The zero-order valence-electron chi connectivity index (χ0n) is 28.0. The molecule has 47 heavy (non-hydrogen) atoms. The van der Waals surface area contributed by atoms with Gasteiger partial charge < -0.3 is 9.40 Å². The van der Waals surface area contributed by atoms with E-state index < -0.39 is 13.3 Å². The van der Waals surface area contributed by atoms with Gasteiger partial charge in [0.05, 0.1) is 5.58 Å². The molecule has 1 aliphatic rings. The van der Waals surface area contributed by atoms with Crippen molar-refractivity contribution in [1.82, 2.24) is 9.97 Å². The van der Waals surface area contributed by atoms with E-state index in [0.717, 1.165) is 63.2 Å². The van der Waals surface area contributed by atoms with Gasteiger partial charge in [0.15, 0.2) is 0 Å². The van der Waals surface area contributed by atoms with Crippen LogP contribution in [0, 0.1) is 29.8 Å². The first-order valence-electron chi connectivity index (χ1n) is 16.6. The number of furan rings is 1. The van der Waals surface area contributed by atoms with Gasteiger partial charge >= 0.3 is 130 Å². The Hall–Kier alpha value is -3.12. The number of aromatic nitrogens is 2. The minimum Gasteiger partial charge on any atom is -0.501 e. The molecule has 0 spiro atoms. The van der Waals surface area contributed by atoms with Crippen molar-refractivity contribution in [3.8, 4) is 22.5 Å². The van der Waals surface area contributed by atoms with E-state index in [1.807, 2.05) is 36.7 Å². The molecule has 3 heterocycles. The van der Waals surface area contributed by atoms with E-state index in [2.05, 4.69) is 83.5 Å². The Morgan fingerprint density at radius 2 is 1.70 bits per heavy atom. The molecule has 0 atom stereocenters. The van der Waals surface area contributed by atoms with Crippen LogP contribution in [0.4, 0.5) is 4.39 Å². The fourth-order valence-electron chi connectivity index (χ4n) is 6.66. The minimum atomic E-state index is -1.93. The van der Waals surface area contributed by atoms with Gasteiger partial charge in [0.1, 0.15) is 5.58 Å². The van der Waals surface area contributed by atoms with Crippen LogP contribution in [-0.2, 0) is 32.9 Å². The zero-order chi connectivity index (χ0) is 32.3. The summed E-state index contributed by atoms with van der Waals surface area (Å²) in [4.78, 5) is 9.22. The van der Waals surface area contributed by atoms with Crippen molar-refractivity contribution in [1.29, 1.82) is 0 Å². The topological polar surface area (TPSA) is 38.9 Å². The SMILES string of the molecule is CC(C)Cc1cc(-c2[c-]cc(F)cc2)nc[c]1[Ge]([CH3])([CH3])[CH3].[Ir].[c-]1ccc2c(oc3ccccc32)c1-c1cc(CC2CCCC2)ccn1. The van der Waals surface area contributed by atoms with E-state index in [1.165, 1.54) is 53.3 Å². The van der Waals surface area contributed by atoms with Gasteiger partial charge in [-0.05, 0) is 30.2 Å². The molecule has 0 aliphatic heterocycles. The summed E-state index contributed by atoms with van der Waals surface area (Å²) >= 11 is -1.93. The molecule has 1 radical (unpaired) electrons. The molecule has 0 unspecified atom stereocenters. The van der Waals surface area contributed by atoms with Crippen molar-refractivity contribution in [2.75, 3.05) is 0 Å². The molecule has 0 amide bonds. The molecule has 1 saturated carbocycles. The molecule has 7 rings (SSSR count). The number of pyridine rings is 2. The van der Waals surface area contributed by atoms with Gasteiger partial charge in [-0.2, -0.15) is 0 Å². The molecule has 0 bridgehead atoms. The van der Waals surface area contributed by atoms with Crippen LogP contribution in [-0.4, -0.2) is 23.2 Å². The van der Waals surface area contributed by atoms with Crippen LogP contribution in [0.2, 0.25) is 17.3 Å². The summed E-state index contributed by atoms with van der Waals surface area (Å²) in [6, 6.07) is 29.7. The number of nitrogens with zero attached hydrogens (tertiary/aromatic N) is 2. The second kappa shape index (κ2) is 15.4. The Morgan fingerprint density at radius 3 is 2.43 bits per heavy atom. The Kier molecular flexibility index (Phi) is 11.5. The van der Waals surface area contributed by atoms with Crippen LogP contribution in [0.25, 0.3) is 44.5 Å². The minimum absolute atomic E-state index is 0. The summed E-state index contributed by atoms with van der Waals surface area (Å²) in [7, 11) is 0. The van der Waals surface area contributed by atoms with Crippen LogP contribution in [0.3, 0.4) is 0 Å². The monoisotopic (exact) mass is 865 g/mol. The molecule has 3 aromatic heterocycles. The first-order chi connectivity index (χ1) is 22.2. The average Bonchev–Trinajstić information content (AvgIpc) is 3.69. The van der Waals surface area contributed by atoms with Crippen LogP contribution in [0.1, 0.15) is 50.7 Å². The predicted octanol–water partition coefficient (Wildman–Crippen LogP) is 10.6. The quantitative estimate of drug-likeness (QED) is 0.119. The smallest absolute Gasteiger partial charge is 0.120 e. The van der Waals surface area contributed by atoms with E-state index in [4.69, 9.17) is 4.42 Å². The van der Waals surface area contributed by atoms with E-state index in [-0.39, 0.29) is 25.9 Å². The average molecular weight is 864 g/mol. The summed E-state index contributed by atoms with van der Waals surface area (Å²) in [5.41, 5.74) is 8.24. The molecule has 0 N–H and O–H groups in total. The second-order valence-electron chi connectivity index (χ2n) is 14.1. The Bertz CT molecular complexity index is 1940. The van der Waals surface area contributed by atoms with Crippen molar-refractivity contribution < 1.29 is 28.9 Å². The fraction of sp³-hybridized carbons (Fsp3) is 0.317. The molecule has 1 fully saturated rings. The predicted molar refractivity (Wildman–Crippen MR) is 191 cm³/mol. The Balaban J connectivity index is 0.000000184. The molecule has 3 aromatic carbocycles. The number of hydrogen-bond acceptors (Lipinski definition) is 3. The van der Waals surface area contributed by atoms with Gasteiger partial charge in [-0.3, -0.25) is 0 Å². The van der Waals surface area contributed by atoms with Crippen LogP contribution >= 0.6 is 0 Å². The summed E-state index contributed by atoms with van der Waals surface area (Å²) < 4.78 is 20.6. The third-order valence-corrected chi connectivity index (χ3v) is 13.2. The van der Waals surface area contributed by atoms with Crippen molar-refractivity contribution in [3.05, 3.63) is 114 Å². The fourth-order valence-corrected chi connectivity index (χ4v) is 9.99. The van der Waals surface area contributed by atoms with Gasteiger partial charge in [-0.25, -0.2) is 0 Å². The summed E-state index contributed by atoms with van der Waals surface area (Å²) in [5, 5.41) is 2.28. The number of para-hydroxylation sites is 1. The van der Waals surface area contributed by atoms with Crippen molar-refractivity contribution in [3.63, 3.8) is 0 Å². The van der Waals surface area contributed by atoms with Crippen LogP contribution in [0.5, 0.6) is 0 Å². The van der Waals surface area contributed by atoms with E-state index >= 15 is 0 Å². The maximum absolute atomic E-state index is 13.0. The number of hydrogen-bond donors (Lipinski definition) is 0. The number of halogens is 1. The zero-order valence-corrected chi connectivity index (χ0v) is 32.5. The summed E-state index contributed by atoms with van der Waals surface area (Å²) in [6.07, 6.45) is 11.7. The Labute approximate surface area is 295 Å². The van der Waals surface area contributed by atoms with Crippen LogP contribution in [0.15, 0.2) is 89.6 Å². The van der Waals surface area contributed by atoms with E-state index in [9.17, 15) is 4.39 Å². The second-order valence-corrected chi connectivity index (χ2v) is 24.7. The maximum atomic E-state index is 13.0. The van der Waals surface area contributed by atoms with E-state index in [1.54, 1.807) is 6.07 Å². The molecule has 245 valence electrons. The molecule has 6 aromatic rings. The first-order valence-corrected chi connectivity index (χ1v) is 23.9. The third kappa shape index (κ3) is 8.49. The standard InChI is InChI=1S/C23H20NO.C18H23FGeN.Ir/c1-2-7-16(6-1)14-17-12-13-24-21(15-17)20-10-5-9-19-18-8-3-4-11-22(18)25-23(19)20;1-13(2)10-15-11-18(14-6-8-16(19)9-7-14)21-12-17(15)20(3,4)5;/h3-5,8-9,11-13,15-16H,1-2,6-7,14H2;6,8-9,11-13H,10H2,1-5H3;/q2*-1;. The molecular formula is C41H43FGeIrN2O-2. The van der Waals surface area contributed by atoms with Crippen molar-refractivity contribution in [2.24, 2.45) is 11.8 Å². The van der Waals surface area contributed by atoms with Gasteiger partial charge in [0.25, 0.3) is 0 Å². The van der Waals surface area contributed by atoms with Crippen molar-refractivity contribution in [2.45, 2.75) is 69.6 Å². The summed E-state index contributed by atoms with van der Waals surface area (Å²) in [6.45, 7) is 4.48. The van der Waals surface area contributed by atoms with Gasteiger partial charge in [0, 0.05) is 31.7 Å². The largest absolute Gasteiger partial charge is 0.501 e. The molecule has 1 aliphatic carbocycles. The third-order valence-electron chi connectivity index (χ3n) is 8.89. The van der Waals surface area contributed by atoms with Crippen molar-refractivity contribution >= 4 is 39.6 Å². The number of rotatable bonds is 7. The molecule has 6 heteroatoms. The summed E-state index contributed by atoms with van der Waals surface area (Å²) in [5.74, 6) is 8.37. The number of fused-ring (bicyclic) bond motifs is 3. The molecular weight excluding hydrogens is 820 g/mol. The number of benzene rings is 3.